The van der Waals surface area contributed by atoms with Crippen LogP contribution >= 0.6 is 11.6 Å². The molecule has 0 atom stereocenters. The van der Waals surface area contributed by atoms with Crippen molar-refractivity contribution in [3.63, 3.8) is 0 Å². The molecule has 104 valence electrons. The summed E-state index contributed by atoms with van der Waals surface area (Å²) in [6, 6.07) is 11.6. The van der Waals surface area contributed by atoms with Crippen LogP contribution in [0.25, 0.3) is 0 Å². The molecule has 0 fully saturated rings. The van der Waals surface area contributed by atoms with Crippen LogP contribution in [0.3, 0.4) is 0 Å². The van der Waals surface area contributed by atoms with Crippen LogP contribution in [0.4, 0.5) is 4.39 Å². The molecule has 20 heavy (non-hydrogen) atoms. The highest BCUT2D eigenvalue weighted by Gasteiger charge is 2.12. The van der Waals surface area contributed by atoms with E-state index in [1.165, 1.54) is 12.1 Å². The quantitative estimate of drug-likeness (QED) is 0.768. The first-order valence-electron chi connectivity index (χ1n) is 6.21. The van der Waals surface area contributed by atoms with Crippen molar-refractivity contribution < 1.29 is 13.9 Å². The maximum absolute atomic E-state index is 13.6. The van der Waals surface area contributed by atoms with Crippen LogP contribution in [0.2, 0.25) is 5.02 Å². The second-order valence-corrected chi connectivity index (χ2v) is 4.83. The van der Waals surface area contributed by atoms with Crippen LogP contribution in [0.1, 0.15) is 22.3 Å². The third-order valence-electron chi connectivity index (χ3n) is 3.03. The molecule has 0 aliphatic carbocycles. The molecule has 0 radical (unpaired) electrons. The number of ether oxygens (including phenoxy) is 1. The van der Waals surface area contributed by atoms with Crippen LogP contribution in [0.5, 0.6) is 5.75 Å². The van der Waals surface area contributed by atoms with Crippen molar-refractivity contribution in [2.45, 2.75) is 12.8 Å². The second-order valence-electron chi connectivity index (χ2n) is 4.40. The zero-order valence-corrected chi connectivity index (χ0v) is 11.8. The van der Waals surface area contributed by atoms with Crippen molar-refractivity contribution in [1.82, 2.24) is 0 Å². The van der Waals surface area contributed by atoms with Crippen molar-refractivity contribution >= 4 is 17.4 Å². The van der Waals surface area contributed by atoms with Gasteiger partial charge in [-0.1, -0.05) is 23.7 Å². The summed E-state index contributed by atoms with van der Waals surface area (Å²) in [5.41, 5.74) is 1.09. The third-order valence-corrected chi connectivity index (χ3v) is 3.27. The van der Waals surface area contributed by atoms with Crippen LogP contribution < -0.4 is 4.74 Å². The molecule has 0 aliphatic rings. The largest absolute Gasteiger partial charge is 0.497 e. The molecule has 0 saturated heterocycles. The second kappa shape index (κ2) is 6.53. The minimum Gasteiger partial charge on any atom is -0.497 e. The number of carbonyl (C=O) groups excluding carboxylic acids is 1. The van der Waals surface area contributed by atoms with Crippen molar-refractivity contribution in [2.24, 2.45) is 0 Å². The predicted octanol–water partition coefficient (Wildman–Crippen LogP) is 4.30. The molecule has 0 saturated carbocycles. The lowest BCUT2D eigenvalue weighted by Gasteiger charge is -2.05. The molecule has 2 aromatic carbocycles. The first-order chi connectivity index (χ1) is 9.60. The van der Waals surface area contributed by atoms with E-state index in [0.717, 1.165) is 17.4 Å². The van der Waals surface area contributed by atoms with Gasteiger partial charge in [-0.25, -0.2) is 4.39 Å². The predicted molar refractivity (Wildman–Crippen MR) is 77.1 cm³/mol. The van der Waals surface area contributed by atoms with Crippen molar-refractivity contribution in [3.8, 4) is 5.75 Å². The summed E-state index contributed by atoms with van der Waals surface area (Å²) in [6.07, 6.45) is 0.815. The van der Waals surface area contributed by atoms with Gasteiger partial charge in [-0.15, -0.1) is 0 Å². The Bertz CT molecular complexity index is 608. The number of Topliss-reactive ketones (excluding diaryl/α,β-unsaturated/α-hetero) is 1. The van der Waals surface area contributed by atoms with Gasteiger partial charge in [0.1, 0.15) is 11.6 Å². The van der Waals surface area contributed by atoms with Crippen molar-refractivity contribution in [2.75, 3.05) is 7.11 Å². The third kappa shape index (κ3) is 3.58. The zero-order chi connectivity index (χ0) is 14.5. The Hall–Kier alpha value is -1.87. The molecule has 4 heteroatoms. The van der Waals surface area contributed by atoms with E-state index in [1.807, 2.05) is 24.3 Å². The molecule has 0 heterocycles. The van der Waals surface area contributed by atoms with Crippen molar-refractivity contribution in [1.29, 1.82) is 0 Å². The lowest BCUT2D eigenvalue weighted by atomic mass is 10.0. The van der Waals surface area contributed by atoms with E-state index in [4.69, 9.17) is 16.3 Å². The van der Waals surface area contributed by atoms with Gasteiger partial charge in [0.25, 0.3) is 0 Å². The number of methoxy groups -OCH3 is 1. The molecule has 0 aliphatic heterocycles. The Balaban J connectivity index is 2.00. The molecule has 0 amide bonds. The Morgan fingerprint density at radius 1 is 1.20 bits per heavy atom. The maximum atomic E-state index is 13.6. The van der Waals surface area contributed by atoms with E-state index in [-0.39, 0.29) is 22.8 Å². The van der Waals surface area contributed by atoms with Gasteiger partial charge in [0.15, 0.2) is 5.78 Å². The van der Waals surface area contributed by atoms with Crippen molar-refractivity contribution in [3.05, 3.63) is 64.4 Å². The van der Waals surface area contributed by atoms with Crippen LogP contribution in [-0.4, -0.2) is 12.9 Å². The molecule has 0 unspecified atom stereocenters. The lowest BCUT2D eigenvalue weighted by Crippen LogP contribution is -2.04. The molecule has 0 bridgehead atoms. The van der Waals surface area contributed by atoms with E-state index in [0.29, 0.717) is 6.42 Å². The van der Waals surface area contributed by atoms with E-state index >= 15 is 0 Å². The summed E-state index contributed by atoms with van der Waals surface area (Å²) in [6.45, 7) is 0. The molecule has 2 aromatic rings. The summed E-state index contributed by atoms with van der Waals surface area (Å²) < 4.78 is 18.7. The van der Waals surface area contributed by atoms with E-state index in [1.54, 1.807) is 7.11 Å². The van der Waals surface area contributed by atoms with Gasteiger partial charge < -0.3 is 4.74 Å². The smallest absolute Gasteiger partial charge is 0.166 e. The monoisotopic (exact) mass is 292 g/mol. The summed E-state index contributed by atoms with van der Waals surface area (Å²) in [5, 5.41) is 0.286. The Labute approximate surface area is 122 Å². The highest BCUT2D eigenvalue weighted by atomic mass is 35.5. The number of benzene rings is 2. The summed E-state index contributed by atoms with van der Waals surface area (Å²) in [4.78, 5) is 12.0. The molecule has 2 nitrogen and oxygen atoms in total. The van der Waals surface area contributed by atoms with Gasteiger partial charge in [0.2, 0.25) is 0 Å². The Morgan fingerprint density at radius 2 is 1.90 bits per heavy atom. The number of carbonyl (C=O) groups is 1. The normalized spacial score (nSPS) is 10.3. The SMILES string of the molecule is COc1ccc(CCC(=O)c2ccc(Cl)cc2F)cc1. The van der Waals surface area contributed by atoms with E-state index in [2.05, 4.69) is 0 Å². The van der Waals surface area contributed by atoms with Gasteiger partial charge in [0.05, 0.1) is 12.7 Å². The number of aryl methyl sites for hydroxylation is 1. The van der Waals surface area contributed by atoms with Gasteiger partial charge >= 0.3 is 0 Å². The average molecular weight is 293 g/mol. The number of hydrogen-bond donors (Lipinski definition) is 0. The molecule has 2 rings (SSSR count). The lowest BCUT2D eigenvalue weighted by molar-refractivity contribution is 0.0979. The van der Waals surface area contributed by atoms with Gasteiger partial charge in [-0.3, -0.25) is 4.79 Å². The summed E-state index contributed by atoms with van der Waals surface area (Å²) in [5.74, 6) is -0.0314. The highest BCUT2D eigenvalue weighted by molar-refractivity contribution is 6.30. The molecule has 0 aromatic heterocycles. The topological polar surface area (TPSA) is 26.3 Å². The fraction of sp³-hybridized carbons (Fsp3) is 0.188. The van der Waals surface area contributed by atoms with Crippen LogP contribution in [0.15, 0.2) is 42.5 Å². The molecule has 0 N–H and O–H groups in total. The first-order valence-corrected chi connectivity index (χ1v) is 6.59. The zero-order valence-electron chi connectivity index (χ0n) is 11.0. The molecule has 0 spiro atoms. The number of ketones is 1. The number of halogens is 2. The number of rotatable bonds is 5. The van der Waals surface area contributed by atoms with E-state index < -0.39 is 5.82 Å². The fourth-order valence-electron chi connectivity index (χ4n) is 1.90. The highest BCUT2D eigenvalue weighted by Crippen LogP contribution is 2.18. The maximum Gasteiger partial charge on any atom is 0.166 e. The Morgan fingerprint density at radius 3 is 2.50 bits per heavy atom. The van der Waals surface area contributed by atoms with Crippen LogP contribution in [-0.2, 0) is 6.42 Å². The van der Waals surface area contributed by atoms with Gasteiger partial charge in [-0.2, -0.15) is 0 Å². The first kappa shape index (κ1) is 14.5. The summed E-state index contributed by atoms with van der Waals surface area (Å²) >= 11 is 5.66. The standard InChI is InChI=1S/C16H14ClFO2/c1-20-13-6-2-11(3-7-13)4-9-16(19)14-8-5-12(17)10-15(14)18/h2-3,5-8,10H,4,9H2,1H3. The Kier molecular flexibility index (Phi) is 4.74. The van der Waals surface area contributed by atoms with E-state index in [9.17, 15) is 9.18 Å². The minimum atomic E-state index is -0.572. The average Bonchev–Trinajstić information content (AvgIpc) is 2.45. The molecular formula is C16H14ClFO2. The summed E-state index contributed by atoms with van der Waals surface area (Å²) in [7, 11) is 1.60. The molecular weight excluding hydrogens is 279 g/mol. The minimum absolute atomic E-state index is 0.0860. The fourth-order valence-corrected chi connectivity index (χ4v) is 2.06. The van der Waals surface area contributed by atoms with Gasteiger partial charge in [-0.05, 0) is 42.3 Å². The number of hydrogen-bond acceptors (Lipinski definition) is 2. The van der Waals surface area contributed by atoms with Gasteiger partial charge in [0, 0.05) is 11.4 Å². The van der Waals surface area contributed by atoms with Crippen LogP contribution in [0, 0.1) is 5.82 Å².